The fraction of sp³-hybridized carbons (Fsp3) is 0.176. The molecule has 0 fully saturated rings. The molecular formula is C17H14ClN3. The first-order valence-electron chi connectivity index (χ1n) is 7.06. The van der Waals surface area contributed by atoms with Crippen molar-refractivity contribution in [2.24, 2.45) is 0 Å². The van der Waals surface area contributed by atoms with Crippen molar-refractivity contribution < 1.29 is 0 Å². The lowest BCUT2D eigenvalue weighted by molar-refractivity contribution is 0.747. The highest BCUT2D eigenvalue weighted by molar-refractivity contribution is 6.35. The van der Waals surface area contributed by atoms with Gasteiger partial charge in [-0.25, -0.2) is 0 Å². The van der Waals surface area contributed by atoms with Crippen molar-refractivity contribution in [3.8, 4) is 0 Å². The van der Waals surface area contributed by atoms with Crippen molar-refractivity contribution >= 4 is 28.2 Å². The van der Waals surface area contributed by atoms with Crippen LogP contribution in [-0.2, 0) is 6.42 Å². The van der Waals surface area contributed by atoms with Crippen LogP contribution in [0.4, 0.5) is 5.69 Å². The predicted octanol–water partition coefficient (Wildman–Crippen LogP) is 4.38. The Kier molecular flexibility index (Phi) is 3.00. The van der Waals surface area contributed by atoms with Gasteiger partial charge in [0, 0.05) is 17.8 Å². The summed E-state index contributed by atoms with van der Waals surface area (Å²) in [5.74, 6) is 0. The molecule has 0 bridgehead atoms. The van der Waals surface area contributed by atoms with E-state index in [0.29, 0.717) is 0 Å². The first-order valence-corrected chi connectivity index (χ1v) is 7.44. The number of nitrogens with one attached hydrogen (secondary N) is 1. The zero-order valence-corrected chi connectivity index (χ0v) is 12.1. The van der Waals surface area contributed by atoms with Crippen LogP contribution in [0.5, 0.6) is 0 Å². The van der Waals surface area contributed by atoms with Gasteiger partial charge >= 0.3 is 0 Å². The molecular weight excluding hydrogens is 282 g/mol. The van der Waals surface area contributed by atoms with Crippen LogP contribution in [0.1, 0.15) is 23.7 Å². The predicted molar refractivity (Wildman–Crippen MR) is 85.7 cm³/mol. The van der Waals surface area contributed by atoms with Crippen LogP contribution in [0, 0.1) is 0 Å². The highest BCUT2D eigenvalue weighted by Crippen LogP contribution is 2.35. The number of halogens is 1. The summed E-state index contributed by atoms with van der Waals surface area (Å²) >= 11 is 6.25. The quantitative estimate of drug-likeness (QED) is 0.762. The van der Waals surface area contributed by atoms with Gasteiger partial charge in [-0.3, -0.25) is 9.97 Å². The Hall–Kier alpha value is -2.13. The molecule has 0 spiro atoms. The van der Waals surface area contributed by atoms with Crippen LogP contribution in [0.15, 0.2) is 48.8 Å². The molecule has 3 nitrogen and oxygen atoms in total. The second-order valence-electron chi connectivity index (χ2n) is 5.28. The third-order valence-corrected chi connectivity index (χ3v) is 4.33. The van der Waals surface area contributed by atoms with E-state index in [-0.39, 0.29) is 6.04 Å². The van der Waals surface area contributed by atoms with E-state index in [4.69, 9.17) is 11.6 Å². The van der Waals surface area contributed by atoms with Crippen LogP contribution in [0.25, 0.3) is 10.9 Å². The normalized spacial score (nSPS) is 16.9. The number of nitrogens with zero attached hydrogens (tertiary/aromatic N) is 2. The van der Waals surface area contributed by atoms with E-state index >= 15 is 0 Å². The van der Waals surface area contributed by atoms with Crippen molar-refractivity contribution in [1.82, 2.24) is 9.97 Å². The molecule has 1 unspecified atom stereocenters. The molecule has 1 aliphatic rings. The number of fused-ring (bicyclic) bond motifs is 2. The highest BCUT2D eigenvalue weighted by Gasteiger charge is 2.24. The molecule has 4 heteroatoms. The lowest BCUT2D eigenvalue weighted by Gasteiger charge is -2.16. The van der Waals surface area contributed by atoms with Gasteiger partial charge < -0.3 is 5.32 Å². The summed E-state index contributed by atoms with van der Waals surface area (Å²) < 4.78 is 0. The van der Waals surface area contributed by atoms with E-state index in [0.717, 1.165) is 40.1 Å². The molecule has 0 amide bonds. The summed E-state index contributed by atoms with van der Waals surface area (Å²) in [5, 5.41) is 5.29. The average Bonchev–Trinajstić information content (AvgIpc) is 2.94. The summed E-state index contributed by atoms with van der Waals surface area (Å²) in [7, 11) is 0. The number of benzene rings is 1. The Labute approximate surface area is 128 Å². The third kappa shape index (κ3) is 2.14. The van der Waals surface area contributed by atoms with E-state index in [1.165, 1.54) is 5.56 Å². The summed E-state index contributed by atoms with van der Waals surface area (Å²) in [6.07, 6.45) is 5.78. The van der Waals surface area contributed by atoms with E-state index in [9.17, 15) is 0 Å². The largest absolute Gasteiger partial charge is 0.375 e. The minimum absolute atomic E-state index is 0.243. The van der Waals surface area contributed by atoms with E-state index in [1.807, 2.05) is 36.5 Å². The zero-order chi connectivity index (χ0) is 14.2. The fourth-order valence-electron chi connectivity index (χ4n) is 3.00. The lowest BCUT2D eigenvalue weighted by atomic mass is 10.1. The van der Waals surface area contributed by atoms with Crippen molar-refractivity contribution in [3.05, 3.63) is 65.1 Å². The van der Waals surface area contributed by atoms with Gasteiger partial charge in [-0.15, -0.1) is 0 Å². The van der Waals surface area contributed by atoms with Gasteiger partial charge in [0.15, 0.2) is 0 Å². The van der Waals surface area contributed by atoms with Gasteiger partial charge in [0.2, 0.25) is 0 Å². The minimum Gasteiger partial charge on any atom is -0.375 e. The number of rotatable bonds is 2. The number of anilines is 1. The first kappa shape index (κ1) is 12.6. The summed E-state index contributed by atoms with van der Waals surface area (Å²) in [4.78, 5) is 9.00. The van der Waals surface area contributed by atoms with Gasteiger partial charge in [-0.1, -0.05) is 17.7 Å². The molecule has 1 atom stereocenters. The molecule has 0 radical (unpaired) electrons. The first-order chi connectivity index (χ1) is 10.3. The van der Waals surface area contributed by atoms with E-state index < -0.39 is 0 Å². The molecule has 1 aromatic carbocycles. The van der Waals surface area contributed by atoms with Crippen LogP contribution >= 0.6 is 11.6 Å². The lowest BCUT2D eigenvalue weighted by Crippen LogP contribution is -2.09. The third-order valence-electron chi connectivity index (χ3n) is 4.00. The Morgan fingerprint density at radius 2 is 1.90 bits per heavy atom. The fourth-order valence-corrected chi connectivity index (χ4v) is 3.21. The summed E-state index contributed by atoms with van der Waals surface area (Å²) in [6.45, 7) is 0. The maximum absolute atomic E-state index is 6.25. The second-order valence-corrected chi connectivity index (χ2v) is 5.69. The molecule has 3 aromatic rings. The molecule has 104 valence electrons. The number of pyridine rings is 2. The Morgan fingerprint density at radius 1 is 1.05 bits per heavy atom. The van der Waals surface area contributed by atoms with Crippen LogP contribution < -0.4 is 5.32 Å². The number of aromatic nitrogens is 2. The van der Waals surface area contributed by atoms with Gasteiger partial charge in [-0.2, -0.15) is 0 Å². The summed E-state index contributed by atoms with van der Waals surface area (Å²) in [5.41, 5.74) is 4.41. The zero-order valence-electron chi connectivity index (χ0n) is 11.4. The standard InChI is InChI=1S/C17H14ClN3/c18-13-6-8-15(17-12(13)4-2-10-20-17)21-14-7-5-11-3-1-9-19-16(11)14/h1-4,6,8-10,14,21H,5,7H2. The Morgan fingerprint density at radius 3 is 2.86 bits per heavy atom. The molecule has 0 saturated heterocycles. The van der Waals surface area contributed by atoms with Gasteiger partial charge in [0.05, 0.1) is 28.0 Å². The van der Waals surface area contributed by atoms with Gasteiger partial charge in [0.1, 0.15) is 0 Å². The van der Waals surface area contributed by atoms with E-state index in [1.54, 1.807) is 6.20 Å². The van der Waals surface area contributed by atoms with Crippen molar-refractivity contribution in [2.75, 3.05) is 5.32 Å². The smallest absolute Gasteiger partial charge is 0.0948 e. The van der Waals surface area contributed by atoms with Gasteiger partial charge in [0.25, 0.3) is 0 Å². The molecule has 1 N–H and O–H groups in total. The van der Waals surface area contributed by atoms with Crippen LogP contribution in [0.3, 0.4) is 0 Å². The van der Waals surface area contributed by atoms with E-state index in [2.05, 4.69) is 21.4 Å². The maximum Gasteiger partial charge on any atom is 0.0948 e. The van der Waals surface area contributed by atoms with Crippen LogP contribution in [-0.4, -0.2) is 9.97 Å². The van der Waals surface area contributed by atoms with Crippen molar-refractivity contribution in [3.63, 3.8) is 0 Å². The molecule has 4 rings (SSSR count). The van der Waals surface area contributed by atoms with Crippen LogP contribution in [0.2, 0.25) is 5.02 Å². The van der Waals surface area contributed by atoms with Gasteiger partial charge in [-0.05, 0) is 48.7 Å². The Bertz CT molecular complexity index is 816. The number of hydrogen-bond donors (Lipinski definition) is 1. The minimum atomic E-state index is 0.243. The second kappa shape index (κ2) is 5.01. The maximum atomic E-state index is 6.25. The van der Waals surface area contributed by atoms with Crippen molar-refractivity contribution in [1.29, 1.82) is 0 Å². The molecule has 0 aliphatic heterocycles. The molecule has 2 aromatic heterocycles. The number of hydrogen-bond acceptors (Lipinski definition) is 3. The highest BCUT2D eigenvalue weighted by atomic mass is 35.5. The molecule has 2 heterocycles. The summed E-state index contributed by atoms with van der Waals surface area (Å²) in [6, 6.07) is 12.2. The Balaban J connectivity index is 1.75. The molecule has 21 heavy (non-hydrogen) atoms. The average molecular weight is 296 g/mol. The molecule has 1 aliphatic carbocycles. The SMILES string of the molecule is Clc1ccc(NC2CCc3cccnc32)c2ncccc12. The molecule has 0 saturated carbocycles. The number of aryl methyl sites for hydroxylation is 1. The van der Waals surface area contributed by atoms with Crippen molar-refractivity contribution in [2.45, 2.75) is 18.9 Å². The monoisotopic (exact) mass is 295 g/mol. The topological polar surface area (TPSA) is 37.8 Å².